The third-order valence-corrected chi connectivity index (χ3v) is 3.79. The van der Waals surface area contributed by atoms with Gasteiger partial charge in [0, 0.05) is 10.2 Å². The van der Waals surface area contributed by atoms with Crippen LogP contribution in [0.2, 0.25) is 0 Å². The molecular formula is C15H14BrN. The van der Waals surface area contributed by atoms with Crippen molar-refractivity contribution in [3.8, 4) is 0 Å². The molecule has 0 saturated heterocycles. The Balaban J connectivity index is 1.88. The van der Waals surface area contributed by atoms with Gasteiger partial charge in [-0.3, -0.25) is 0 Å². The third-order valence-electron chi connectivity index (χ3n) is 3.30. The van der Waals surface area contributed by atoms with Crippen LogP contribution in [0.25, 0.3) is 0 Å². The van der Waals surface area contributed by atoms with Crippen LogP contribution in [0.15, 0.2) is 46.9 Å². The van der Waals surface area contributed by atoms with E-state index in [0.29, 0.717) is 6.04 Å². The number of fused-ring (bicyclic) bond motifs is 1. The average Bonchev–Trinajstić information content (AvgIpc) is 2.72. The topological polar surface area (TPSA) is 12.0 Å². The summed E-state index contributed by atoms with van der Waals surface area (Å²) in [6.07, 6.45) is 1.07. The maximum Gasteiger partial charge on any atom is 0.0555 e. The predicted molar refractivity (Wildman–Crippen MR) is 75.4 cm³/mol. The fourth-order valence-electron chi connectivity index (χ4n) is 2.33. The first kappa shape index (κ1) is 10.8. The molecule has 86 valence electrons. The maximum atomic E-state index is 3.58. The highest BCUT2D eigenvalue weighted by Crippen LogP contribution is 2.35. The SMILES string of the molecule is Cc1ccc(C2Cc3cc(Br)ccc3N2)cc1. The number of nitrogens with one attached hydrogen (secondary N) is 1. The molecule has 2 heteroatoms. The second-order valence-corrected chi connectivity index (χ2v) is 5.53. The van der Waals surface area contributed by atoms with E-state index in [4.69, 9.17) is 0 Å². The third kappa shape index (κ3) is 2.09. The van der Waals surface area contributed by atoms with E-state index in [1.54, 1.807) is 0 Å². The van der Waals surface area contributed by atoms with E-state index in [0.717, 1.165) is 10.9 Å². The summed E-state index contributed by atoms with van der Waals surface area (Å²) in [4.78, 5) is 0. The van der Waals surface area contributed by atoms with Gasteiger partial charge in [-0.2, -0.15) is 0 Å². The van der Waals surface area contributed by atoms with Gasteiger partial charge in [-0.05, 0) is 42.7 Å². The summed E-state index contributed by atoms with van der Waals surface area (Å²) in [5, 5.41) is 3.58. The molecule has 0 amide bonds. The van der Waals surface area contributed by atoms with Crippen LogP contribution in [-0.4, -0.2) is 0 Å². The number of hydrogen-bond acceptors (Lipinski definition) is 1. The molecule has 2 aromatic carbocycles. The van der Waals surface area contributed by atoms with E-state index in [-0.39, 0.29) is 0 Å². The first-order valence-corrected chi connectivity index (χ1v) is 6.63. The summed E-state index contributed by atoms with van der Waals surface area (Å²) in [7, 11) is 0. The van der Waals surface area contributed by atoms with Gasteiger partial charge >= 0.3 is 0 Å². The molecule has 3 rings (SSSR count). The molecule has 0 bridgehead atoms. The van der Waals surface area contributed by atoms with Crippen molar-refractivity contribution in [3.05, 3.63) is 63.6 Å². The van der Waals surface area contributed by atoms with Gasteiger partial charge in [0.25, 0.3) is 0 Å². The number of aryl methyl sites for hydroxylation is 1. The first-order chi connectivity index (χ1) is 8.22. The molecule has 0 saturated carbocycles. The van der Waals surface area contributed by atoms with Crippen molar-refractivity contribution in [1.29, 1.82) is 0 Å². The Labute approximate surface area is 110 Å². The molecule has 1 aliphatic heterocycles. The van der Waals surface area contributed by atoms with Crippen LogP contribution in [0.3, 0.4) is 0 Å². The highest BCUT2D eigenvalue weighted by atomic mass is 79.9. The summed E-state index contributed by atoms with van der Waals surface area (Å²) in [6, 6.07) is 15.6. The van der Waals surface area contributed by atoms with Crippen LogP contribution >= 0.6 is 15.9 Å². The number of rotatable bonds is 1. The van der Waals surface area contributed by atoms with Crippen molar-refractivity contribution in [1.82, 2.24) is 0 Å². The molecule has 1 heterocycles. The molecule has 1 unspecified atom stereocenters. The van der Waals surface area contributed by atoms with Crippen molar-refractivity contribution in [3.63, 3.8) is 0 Å². The summed E-state index contributed by atoms with van der Waals surface area (Å²) in [5.41, 5.74) is 5.33. The second kappa shape index (κ2) is 4.19. The molecule has 0 aliphatic carbocycles. The zero-order valence-corrected chi connectivity index (χ0v) is 11.3. The van der Waals surface area contributed by atoms with E-state index in [2.05, 4.69) is 70.6 Å². The van der Waals surface area contributed by atoms with E-state index in [1.165, 1.54) is 22.4 Å². The van der Waals surface area contributed by atoms with Crippen LogP contribution < -0.4 is 5.32 Å². The first-order valence-electron chi connectivity index (χ1n) is 5.84. The summed E-state index contributed by atoms with van der Waals surface area (Å²) in [6.45, 7) is 2.12. The van der Waals surface area contributed by atoms with Gasteiger partial charge in [-0.25, -0.2) is 0 Å². The zero-order valence-electron chi connectivity index (χ0n) is 9.70. The lowest BCUT2D eigenvalue weighted by molar-refractivity contribution is 0.823. The second-order valence-electron chi connectivity index (χ2n) is 4.61. The van der Waals surface area contributed by atoms with Gasteiger partial charge in [0.2, 0.25) is 0 Å². The van der Waals surface area contributed by atoms with Gasteiger partial charge < -0.3 is 5.32 Å². The zero-order chi connectivity index (χ0) is 11.8. The Bertz CT molecular complexity index is 545. The number of halogens is 1. The Morgan fingerprint density at radius 1 is 1.12 bits per heavy atom. The molecule has 1 N–H and O–H groups in total. The van der Waals surface area contributed by atoms with Gasteiger partial charge in [-0.15, -0.1) is 0 Å². The molecular weight excluding hydrogens is 274 g/mol. The van der Waals surface area contributed by atoms with E-state index in [9.17, 15) is 0 Å². The fourth-order valence-corrected chi connectivity index (χ4v) is 2.74. The van der Waals surface area contributed by atoms with Gasteiger partial charge in [0.15, 0.2) is 0 Å². The minimum Gasteiger partial charge on any atom is -0.378 e. The Hall–Kier alpha value is -1.28. The molecule has 17 heavy (non-hydrogen) atoms. The van der Waals surface area contributed by atoms with Gasteiger partial charge in [0.1, 0.15) is 0 Å². The van der Waals surface area contributed by atoms with Crippen LogP contribution in [0.5, 0.6) is 0 Å². The van der Waals surface area contributed by atoms with Crippen molar-refractivity contribution >= 4 is 21.6 Å². The quantitative estimate of drug-likeness (QED) is 0.816. The van der Waals surface area contributed by atoms with Crippen molar-refractivity contribution in [2.45, 2.75) is 19.4 Å². The van der Waals surface area contributed by atoms with E-state index < -0.39 is 0 Å². The van der Waals surface area contributed by atoms with E-state index >= 15 is 0 Å². The highest BCUT2D eigenvalue weighted by molar-refractivity contribution is 9.10. The van der Waals surface area contributed by atoms with Crippen LogP contribution in [0.4, 0.5) is 5.69 Å². The minimum atomic E-state index is 0.417. The molecule has 1 atom stereocenters. The lowest BCUT2D eigenvalue weighted by Gasteiger charge is -2.11. The van der Waals surface area contributed by atoms with E-state index in [1.807, 2.05) is 0 Å². The number of anilines is 1. The molecule has 0 radical (unpaired) electrons. The maximum absolute atomic E-state index is 3.58. The summed E-state index contributed by atoms with van der Waals surface area (Å²) < 4.78 is 1.16. The molecule has 0 spiro atoms. The highest BCUT2D eigenvalue weighted by Gasteiger charge is 2.21. The van der Waals surface area contributed by atoms with Gasteiger partial charge in [0.05, 0.1) is 6.04 Å². The largest absolute Gasteiger partial charge is 0.378 e. The molecule has 1 nitrogen and oxygen atoms in total. The molecule has 0 fully saturated rings. The molecule has 2 aromatic rings. The van der Waals surface area contributed by atoms with Crippen molar-refractivity contribution in [2.75, 3.05) is 5.32 Å². The normalized spacial score (nSPS) is 17.6. The van der Waals surface area contributed by atoms with Crippen LogP contribution in [0.1, 0.15) is 22.7 Å². The van der Waals surface area contributed by atoms with Gasteiger partial charge in [-0.1, -0.05) is 45.8 Å². The van der Waals surface area contributed by atoms with Crippen LogP contribution in [0, 0.1) is 6.92 Å². The van der Waals surface area contributed by atoms with Crippen molar-refractivity contribution in [2.24, 2.45) is 0 Å². The lowest BCUT2D eigenvalue weighted by atomic mass is 10.0. The fraction of sp³-hybridized carbons (Fsp3) is 0.200. The molecule has 1 aliphatic rings. The summed E-state index contributed by atoms with van der Waals surface area (Å²) in [5.74, 6) is 0. The Kier molecular flexibility index (Phi) is 2.67. The van der Waals surface area contributed by atoms with Crippen molar-refractivity contribution < 1.29 is 0 Å². The lowest BCUT2D eigenvalue weighted by Crippen LogP contribution is -2.05. The summed E-state index contributed by atoms with van der Waals surface area (Å²) >= 11 is 3.52. The van der Waals surface area contributed by atoms with Crippen LogP contribution in [-0.2, 0) is 6.42 Å². The Morgan fingerprint density at radius 3 is 2.65 bits per heavy atom. The molecule has 0 aromatic heterocycles. The standard InChI is InChI=1S/C15H14BrN/c1-10-2-4-11(5-3-10)15-9-12-8-13(16)6-7-14(12)17-15/h2-8,15,17H,9H2,1H3. The predicted octanol–water partition coefficient (Wildman–Crippen LogP) is 4.47. The smallest absolute Gasteiger partial charge is 0.0555 e. The average molecular weight is 288 g/mol. The Morgan fingerprint density at radius 2 is 1.88 bits per heavy atom. The minimum absolute atomic E-state index is 0.417. The monoisotopic (exact) mass is 287 g/mol. The number of hydrogen-bond donors (Lipinski definition) is 1. The number of benzene rings is 2.